The van der Waals surface area contributed by atoms with Gasteiger partial charge in [-0.1, -0.05) is 11.6 Å². The van der Waals surface area contributed by atoms with Crippen LogP contribution in [0, 0.1) is 6.92 Å². The first kappa shape index (κ1) is 19.7. The third-order valence-electron chi connectivity index (χ3n) is 3.20. The molecule has 0 heterocycles. The summed E-state index contributed by atoms with van der Waals surface area (Å²) in [5.74, 6) is -0.262. The lowest BCUT2D eigenvalue weighted by molar-refractivity contribution is -0.126. The van der Waals surface area contributed by atoms with E-state index < -0.39 is 0 Å². The molecule has 0 radical (unpaired) electrons. The van der Waals surface area contributed by atoms with E-state index in [1.165, 1.54) is 7.11 Å². The van der Waals surface area contributed by atoms with Gasteiger partial charge in [-0.05, 0) is 39.8 Å². The second-order valence-electron chi connectivity index (χ2n) is 6.70. The topological polar surface area (TPSA) is 84.5 Å². The van der Waals surface area contributed by atoms with Crippen LogP contribution in [0.25, 0.3) is 0 Å². The van der Waals surface area contributed by atoms with Crippen LogP contribution >= 0.6 is 0 Å². The number of methoxy groups -OCH3 is 1. The fraction of sp³-hybridized carbons (Fsp3) is 0.500. The molecular formula is C18H26N2O4. The number of ketones is 1. The molecule has 2 N–H and O–H groups in total. The molecule has 0 saturated carbocycles. The molecule has 0 aliphatic rings. The van der Waals surface area contributed by atoms with E-state index in [4.69, 9.17) is 4.74 Å². The highest BCUT2D eigenvalue weighted by atomic mass is 16.5. The minimum Gasteiger partial charge on any atom is -0.496 e. The quantitative estimate of drug-likeness (QED) is 0.747. The SMILES string of the molecule is COc1ccc(C)cc1C(=O)CCC(=O)NCC(=O)NC(C)(C)C. The van der Waals surface area contributed by atoms with Crippen molar-refractivity contribution in [3.8, 4) is 5.75 Å². The van der Waals surface area contributed by atoms with Crippen molar-refractivity contribution in [2.24, 2.45) is 0 Å². The van der Waals surface area contributed by atoms with Gasteiger partial charge in [0.25, 0.3) is 0 Å². The summed E-state index contributed by atoms with van der Waals surface area (Å²) in [7, 11) is 1.50. The molecule has 0 aromatic heterocycles. The highest BCUT2D eigenvalue weighted by molar-refractivity contribution is 6.00. The highest BCUT2D eigenvalue weighted by Crippen LogP contribution is 2.21. The molecule has 6 nitrogen and oxygen atoms in total. The first-order valence-corrected chi connectivity index (χ1v) is 7.88. The molecule has 6 heteroatoms. The first-order chi connectivity index (χ1) is 11.1. The molecule has 0 aliphatic heterocycles. The maximum Gasteiger partial charge on any atom is 0.239 e. The maximum absolute atomic E-state index is 12.3. The summed E-state index contributed by atoms with van der Waals surface area (Å²) in [5.41, 5.74) is 1.07. The van der Waals surface area contributed by atoms with Gasteiger partial charge < -0.3 is 15.4 Å². The normalized spacial score (nSPS) is 10.9. The van der Waals surface area contributed by atoms with Crippen molar-refractivity contribution in [2.45, 2.75) is 46.1 Å². The van der Waals surface area contributed by atoms with Crippen molar-refractivity contribution < 1.29 is 19.1 Å². The van der Waals surface area contributed by atoms with E-state index in [1.54, 1.807) is 12.1 Å². The Morgan fingerprint density at radius 3 is 2.33 bits per heavy atom. The first-order valence-electron chi connectivity index (χ1n) is 7.88. The summed E-state index contributed by atoms with van der Waals surface area (Å²) in [6.07, 6.45) is 0.0886. The number of carbonyl (C=O) groups excluding carboxylic acids is 3. The van der Waals surface area contributed by atoms with Crippen LogP contribution < -0.4 is 15.4 Å². The fourth-order valence-electron chi connectivity index (χ4n) is 2.13. The van der Waals surface area contributed by atoms with E-state index in [0.717, 1.165) is 5.56 Å². The Morgan fingerprint density at radius 1 is 1.08 bits per heavy atom. The standard InChI is InChI=1S/C18H26N2O4/c1-12-6-8-15(24-5)13(10-12)14(21)7-9-16(22)19-11-17(23)20-18(2,3)4/h6,8,10H,7,9,11H2,1-5H3,(H,19,22)(H,20,23). The van der Waals surface area contributed by atoms with Gasteiger partial charge in [0.2, 0.25) is 11.8 Å². The molecule has 0 saturated heterocycles. The Labute approximate surface area is 143 Å². The lowest BCUT2D eigenvalue weighted by atomic mass is 10.0. The Bertz CT molecular complexity index is 618. The summed E-state index contributed by atoms with van der Waals surface area (Å²) in [6.45, 7) is 7.37. The van der Waals surface area contributed by atoms with Crippen molar-refractivity contribution in [1.29, 1.82) is 0 Å². The number of benzene rings is 1. The van der Waals surface area contributed by atoms with Gasteiger partial charge in [0.05, 0.1) is 19.2 Å². The summed E-state index contributed by atoms with van der Waals surface area (Å²) in [4.78, 5) is 35.7. The van der Waals surface area contributed by atoms with Gasteiger partial charge in [-0.3, -0.25) is 14.4 Å². The molecule has 1 rings (SSSR count). The van der Waals surface area contributed by atoms with Gasteiger partial charge in [0.1, 0.15) is 5.75 Å². The van der Waals surface area contributed by atoms with Crippen LogP contribution in [-0.2, 0) is 9.59 Å². The fourth-order valence-corrected chi connectivity index (χ4v) is 2.13. The van der Waals surface area contributed by atoms with Crippen molar-refractivity contribution >= 4 is 17.6 Å². The Morgan fingerprint density at radius 2 is 1.75 bits per heavy atom. The zero-order valence-electron chi connectivity index (χ0n) is 15.0. The van der Waals surface area contributed by atoms with Gasteiger partial charge in [-0.2, -0.15) is 0 Å². The molecule has 0 aliphatic carbocycles. The smallest absolute Gasteiger partial charge is 0.239 e. The van der Waals surface area contributed by atoms with Gasteiger partial charge in [-0.25, -0.2) is 0 Å². The second kappa shape index (κ2) is 8.47. The second-order valence-corrected chi connectivity index (χ2v) is 6.70. The van der Waals surface area contributed by atoms with E-state index >= 15 is 0 Å². The minimum atomic E-state index is -0.348. The largest absolute Gasteiger partial charge is 0.496 e. The molecule has 132 valence electrons. The van der Waals surface area contributed by atoms with E-state index in [9.17, 15) is 14.4 Å². The van der Waals surface area contributed by atoms with Crippen LogP contribution in [0.15, 0.2) is 18.2 Å². The lowest BCUT2D eigenvalue weighted by Crippen LogP contribution is -2.45. The number of hydrogen-bond acceptors (Lipinski definition) is 4. The zero-order chi connectivity index (χ0) is 18.3. The van der Waals surface area contributed by atoms with Crippen LogP contribution in [0.5, 0.6) is 5.75 Å². The molecule has 0 atom stereocenters. The summed E-state index contributed by atoms with van der Waals surface area (Å²) >= 11 is 0. The van der Waals surface area contributed by atoms with E-state index in [1.807, 2.05) is 33.8 Å². The summed E-state index contributed by atoms with van der Waals surface area (Å²) in [5, 5.41) is 5.27. The van der Waals surface area contributed by atoms with E-state index in [2.05, 4.69) is 10.6 Å². The molecule has 2 amide bonds. The number of Topliss-reactive ketones (excluding diaryl/α,β-unsaturated/α-hetero) is 1. The Balaban J connectivity index is 2.49. The number of hydrogen-bond donors (Lipinski definition) is 2. The molecule has 1 aromatic rings. The van der Waals surface area contributed by atoms with Gasteiger partial charge in [0.15, 0.2) is 5.78 Å². The number of amides is 2. The monoisotopic (exact) mass is 334 g/mol. The molecule has 1 aromatic carbocycles. The van der Waals surface area contributed by atoms with Gasteiger partial charge in [-0.15, -0.1) is 0 Å². The molecule has 0 spiro atoms. The van der Waals surface area contributed by atoms with Crippen LogP contribution in [0.1, 0.15) is 49.5 Å². The van der Waals surface area contributed by atoms with Crippen LogP contribution in [0.3, 0.4) is 0 Å². The number of aryl methyl sites for hydroxylation is 1. The molecule has 0 unspecified atom stereocenters. The summed E-state index contributed by atoms with van der Waals surface area (Å²) in [6, 6.07) is 5.34. The third kappa shape index (κ3) is 6.81. The average Bonchev–Trinajstić information content (AvgIpc) is 2.48. The van der Waals surface area contributed by atoms with E-state index in [0.29, 0.717) is 11.3 Å². The Hall–Kier alpha value is -2.37. The lowest BCUT2D eigenvalue weighted by Gasteiger charge is -2.20. The zero-order valence-corrected chi connectivity index (χ0v) is 15.0. The number of rotatable bonds is 7. The van der Waals surface area contributed by atoms with E-state index in [-0.39, 0.29) is 42.5 Å². The highest BCUT2D eigenvalue weighted by Gasteiger charge is 2.16. The molecule has 0 bridgehead atoms. The van der Waals surface area contributed by atoms with Crippen LogP contribution in [0.4, 0.5) is 0 Å². The van der Waals surface area contributed by atoms with Crippen LogP contribution in [0.2, 0.25) is 0 Å². The van der Waals surface area contributed by atoms with Gasteiger partial charge >= 0.3 is 0 Å². The third-order valence-corrected chi connectivity index (χ3v) is 3.20. The Kier molecular flexibility index (Phi) is 6.95. The van der Waals surface area contributed by atoms with Crippen molar-refractivity contribution in [2.75, 3.05) is 13.7 Å². The molecule has 24 heavy (non-hydrogen) atoms. The van der Waals surface area contributed by atoms with Crippen molar-refractivity contribution in [3.63, 3.8) is 0 Å². The molecule has 0 fully saturated rings. The average molecular weight is 334 g/mol. The number of nitrogens with one attached hydrogen (secondary N) is 2. The number of carbonyl (C=O) groups is 3. The maximum atomic E-state index is 12.3. The number of ether oxygens (including phenoxy) is 1. The van der Waals surface area contributed by atoms with Crippen molar-refractivity contribution in [1.82, 2.24) is 10.6 Å². The van der Waals surface area contributed by atoms with Crippen LogP contribution in [-0.4, -0.2) is 36.8 Å². The predicted octanol–water partition coefficient (Wildman–Crippen LogP) is 2.00. The summed E-state index contributed by atoms with van der Waals surface area (Å²) < 4.78 is 5.18. The van der Waals surface area contributed by atoms with Crippen molar-refractivity contribution in [3.05, 3.63) is 29.3 Å². The molecular weight excluding hydrogens is 308 g/mol. The minimum absolute atomic E-state index is 0.0265. The predicted molar refractivity (Wildman–Crippen MR) is 92.2 cm³/mol. The van der Waals surface area contributed by atoms with Gasteiger partial charge in [0, 0.05) is 18.4 Å².